The molecule has 0 aliphatic heterocycles. The van der Waals surface area contributed by atoms with Crippen molar-refractivity contribution >= 4 is 22.5 Å². The number of hydrogen-bond donors (Lipinski definition) is 0. The Labute approximate surface area is 105 Å². The minimum atomic E-state index is -0.0000463. The van der Waals surface area contributed by atoms with Gasteiger partial charge in [0.05, 0.1) is 16.8 Å². The highest BCUT2D eigenvalue weighted by molar-refractivity contribution is 6.16. The van der Waals surface area contributed by atoms with Gasteiger partial charge in [-0.15, -0.1) is 11.6 Å². The van der Waals surface area contributed by atoms with E-state index in [9.17, 15) is 4.79 Å². The Morgan fingerprint density at radius 1 is 1.35 bits per heavy atom. The van der Waals surface area contributed by atoms with E-state index in [0.717, 1.165) is 0 Å². The summed E-state index contributed by atoms with van der Waals surface area (Å²) in [4.78, 5) is 16.7. The molecule has 0 spiro atoms. The third-order valence-electron chi connectivity index (χ3n) is 2.61. The van der Waals surface area contributed by atoms with Gasteiger partial charge in [-0.3, -0.25) is 9.36 Å². The molecule has 0 aliphatic rings. The van der Waals surface area contributed by atoms with Crippen molar-refractivity contribution in [3.05, 3.63) is 40.4 Å². The van der Waals surface area contributed by atoms with Crippen LogP contribution < -0.4 is 5.56 Å². The van der Waals surface area contributed by atoms with Crippen molar-refractivity contribution in [2.24, 2.45) is 5.92 Å². The molecule has 3 nitrogen and oxygen atoms in total. The van der Waals surface area contributed by atoms with Crippen LogP contribution in [0, 0.1) is 5.92 Å². The lowest BCUT2D eigenvalue weighted by Crippen LogP contribution is -2.26. The van der Waals surface area contributed by atoms with Crippen molar-refractivity contribution in [2.45, 2.75) is 26.3 Å². The summed E-state index contributed by atoms with van der Waals surface area (Å²) < 4.78 is 1.68. The van der Waals surface area contributed by atoms with Crippen LogP contribution in [0.25, 0.3) is 10.9 Å². The van der Waals surface area contributed by atoms with Crippen LogP contribution in [0.4, 0.5) is 0 Å². The summed E-state index contributed by atoms with van der Waals surface area (Å²) >= 11 is 5.87. The van der Waals surface area contributed by atoms with Gasteiger partial charge in [0.1, 0.15) is 5.82 Å². The van der Waals surface area contributed by atoms with E-state index >= 15 is 0 Å². The number of halogens is 1. The van der Waals surface area contributed by atoms with Crippen molar-refractivity contribution in [1.82, 2.24) is 9.55 Å². The fourth-order valence-electron chi connectivity index (χ4n) is 1.87. The summed E-state index contributed by atoms with van der Waals surface area (Å²) in [5.41, 5.74) is 0.716. The molecule has 0 unspecified atom stereocenters. The van der Waals surface area contributed by atoms with E-state index in [0.29, 0.717) is 29.2 Å². The molecule has 0 saturated carbocycles. The van der Waals surface area contributed by atoms with Gasteiger partial charge in [0.25, 0.3) is 5.56 Å². The van der Waals surface area contributed by atoms with Gasteiger partial charge < -0.3 is 0 Å². The highest BCUT2D eigenvalue weighted by atomic mass is 35.5. The topological polar surface area (TPSA) is 34.9 Å². The smallest absolute Gasteiger partial charge is 0.261 e. The largest absolute Gasteiger partial charge is 0.295 e. The monoisotopic (exact) mass is 250 g/mol. The van der Waals surface area contributed by atoms with Crippen molar-refractivity contribution in [3.63, 3.8) is 0 Å². The maximum Gasteiger partial charge on any atom is 0.261 e. The van der Waals surface area contributed by atoms with E-state index in [2.05, 4.69) is 18.8 Å². The Hall–Kier alpha value is -1.35. The molecule has 0 N–H and O–H groups in total. The van der Waals surface area contributed by atoms with Crippen LogP contribution in [0.5, 0.6) is 0 Å². The molecule has 1 aromatic carbocycles. The number of alkyl halides is 1. The lowest BCUT2D eigenvalue weighted by molar-refractivity contribution is 0.496. The van der Waals surface area contributed by atoms with Gasteiger partial charge in [-0.25, -0.2) is 4.98 Å². The van der Waals surface area contributed by atoms with Crippen LogP contribution in [0.1, 0.15) is 19.7 Å². The molecule has 0 atom stereocenters. The van der Waals surface area contributed by atoms with Crippen LogP contribution in [0.15, 0.2) is 29.1 Å². The molecule has 4 heteroatoms. The normalized spacial score (nSPS) is 11.3. The predicted octanol–water partition coefficient (Wildman–Crippen LogP) is 2.79. The standard InChI is InChI=1S/C13H15ClN2O/c1-9(2)8-16-12(7-14)15-11-6-4-3-5-10(11)13(16)17/h3-6,9H,7-8H2,1-2H3. The summed E-state index contributed by atoms with van der Waals surface area (Å²) in [5, 5.41) is 0.655. The van der Waals surface area contributed by atoms with Gasteiger partial charge in [0.2, 0.25) is 0 Å². The van der Waals surface area contributed by atoms with Crippen LogP contribution in [0.3, 0.4) is 0 Å². The molecule has 1 aromatic heterocycles. The van der Waals surface area contributed by atoms with Crippen molar-refractivity contribution in [2.75, 3.05) is 0 Å². The number of aromatic nitrogens is 2. The predicted molar refractivity (Wildman–Crippen MR) is 70.4 cm³/mol. The quantitative estimate of drug-likeness (QED) is 0.786. The molecule has 2 rings (SSSR count). The first-order valence-corrected chi connectivity index (χ1v) is 6.21. The van der Waals surface area contributed by atoms with Gasteiger partial charge in [0.15, 0.2) is 0 Å². The number of nitrogens with zero attached hydrogens (tertiary/aromatic N) is 2. The number of hydrogen-bond acceptors (Lipinski definition) is 2. The zero-order valence-electron chi connectivity index (χ0n) is 9.98. The molecule has 0 bridgehead atoms. The Morgan fingerprint density at radius 2 is 2.06 bits per heavy atom. The van der Waals surface area contributed by atoms with Crippen LogP contribution >= 0.6 is 11.6 Å². The summed E-state index contributed by atoms with van der Waals surface area (Å²) in [6, 6.07) is 7.37. The molecule has 90 valence electrons. The molecular weight excluding hydrogens is 236 g/mol. The second-order valence-corrected chi connectivity index (χ2v) is 4.76. The minimum absolute atomic E-state index is 0.0000463. The summed E-state index contributed by atoms with van der Waals surface area (Å²) in [6.45, 7) is 4.79. The molecule has 17 heavy (non-hydrogen) atoms. The van der Waals surface area contributed by atoms with Crippen LogP contribution in [-0.4, -0.2) is 9.55 Å². The molecule has 0 amide bonds. The SMILES string of the molecule is CC(C)Cn1c(CCl)nc2ccccc2c1=O. The molecule has 0 aliphatic carbocycles. The number of para-hydroxylation sites is 1. The fourth-order valence-corrected chi connectivity index (χ4v) is 2.07. The van der Waals surface area contributed by atoms with Gasteiger partial charge in [-0.05, 0) is 18.1 Å². The zero-order valence-corrected chi connectivity index (χ0v) is 10.7. The van der Waals surface area contributed by atoms with Gasteiger partial charge in [0, 0.05) is 6.54 Å². The Kier molecular flexibility index (Phi) is 3.48. The van der Waals surface area contributed by atoms with Crippen LogP contribution in [0.2, 0.25) is 0 Å². The van der Waals surface area contributed by atoms with E-state index in [1.54, 1.807) is 10.6 Å². The van der Waals surface area contributed by atoms with Crippen molar-refractivity contribution in [3.8, 4) is 0 Å². The molecule has 1 heterocycles. The number of rotatable bonds is 3. The first-order valence-electron chi connectivity index (χ1n) is 5.68. The lowest BCUT2D eigenvalue weighted by Gasteiger charge is -2.13. The van der Waals surface area contributed by atoms with Crippen LogP contribution in [-0.2, 0) is 12.4 Å². The third kappa shape index (κ3) is 2.34. The van der Waals surface area contributed by atoms with Gasteiger partial charge in [-0.2, -0.15) is 0 Å². The summed E-state index contributed by atoms with van der Waals surface area (Å²) in [7, 11) is 0. The maximum atomic E-state index is 12.3. The summed E-state index contributed by atoms with van der Waals surface area (Å²) in [6.07, 6.45) is 0. The molecule has 0 saturated heterocycles. The Morgan fingerprint density at radius 3 is 2.71 bits per heavy atom. The average Bonchev–Trinajstić information content (AvgIpc) is 2.32. The first-order chi connectivity index (χ1) is 8.13. The molecule has 0 fully saturated rings. The highest BCUT2D eigenvalue weighted by Crippen LogP contribution is 2.10. The first kappa shape index (κ1) is 12.1. The number of fused-ring (bicyclic) bond motifs is 1. The molecule has 2 aromatic rings. The molecule has 0 radical (unpaired) electrons. The lowest BCUT2D eigenvalue weighted by atomic mass is 10.2. The Balaban J connectivity index is 2.72. The van der Waals surface area contributed by atoms with Gasteiger partial charge in [-0.1, -0.05) is 26.0 Å². The second-order valence-electron chi connectivity index (χ2n) is 4.49. The van der Waals surface area contributed by atoms with E-state index in [1.807, 2.05) is 18.2 Å². The average molecular weight is 251 g/mol. The van der Waals surface area contributed by atoms with Gasteiger partial charge >= 0.3 is 0 Å². The highest BCUT2D eigenvalue weighted by Gasteiger charge is 2.10. The van der Waals surface area contributed by atoms with E-state index < -0.39 is 0 Å². The van der Waals surface area contributed by atoms with E-state index in [1.165, 1.54) is 0 Å². The fraction of sp³-hybridized carbons (Fsp3) is 0.385. The maximum absolute atomic E-state index is 12.3. The molecular formula is C13H15ClN2O. The third-order valence-corrected chi connectivity index (χ3v) is 2.85. The Bertz CT molecular complexity index is 589. The number of benzene rings is 1. The van der Waals surface area contributed by atoms with E-state index in [4.69, 9.17) is 11.6 Å². The minimum Gasteiger partial charge on any atom is -0.295 e. The second kappa shape index (κ2) is 4.88. The van der Waals surface area contributed by atoms with Crippen molar-refractivity contribution in [1.29, 1.82) is 0 Å². The van der Waals surface area contributed by atoms with Crippen molar-refractivity contribution < 1.29 is 0 Å². The zero-order chi connectivity index (χ0) is 12.4. The summed E-state index contributed by atoms with van der Waals surface area (Å²) in [5.74, 6) is 1.29. The van der Waals surface area contributed by atoms with E-state index in [-0.39, 0.29) is 11.4 Å².